The first-order chi connectivity index (χ1) is 4.54. The minimum absolute atomic E-state index is 0.0700. The van der Waals surface area contributed by atoms with E-state index in [1.54, 1.807) is 0 Å². The molecule has 0 aromatic carbocycles. The summed E-state index contributed by atoms with van der Waals surface area (Å²) in [5.41, 5.74) is 4.82. The second kappa shape index (κ2) is 3.71. The number of carboxylic acids is 1. The van der Waals surface area contributed by atoms with Gasteiger partial charge in [0, 0.05) is 13.6 Å². The lowest BCUT2D eigenvalue weighted by Crippen LogP contribution is -2.33. The number of carbonyl (C=O) groups is 2. The highest BCUT2D eigenvalue weighted by atomic mass is 16.4. The molecule has 0 aromatic rings. The number of rotatable bonds is 3. The van der Waals surface area contributed by atoms with Crippen LogP contribution in [0.3, 0.4) is 0 Å². The summed E-state index contributed by atoms with van der Waals surface area (Å²) in [7, 11) is 1.45. The van der Waals surface area contributed by atoms with Crippen LogP contribution in [-0.2, 0) is 4.79 Å². The summed E-state index contributed by atoms with van der Waals surface area (Å²) in [6.45, 7) is 0.157. The lowest BCUT2D eigenvalue weighted by atomic mass is 10.4. The number of hydrogen-bond acceptors (Lipinski definition) is 2. The van der Waals surface area contributed by atoms with Crippen molar-refractivity contribution >= 4 is 12.0 Å². The molecule has 0 rings (SSSR count). The molecule has 2 amide bonds. The van der Waals surface area contributed by atoms with E-state index in [0.29, 0.717) is 0 Å². The summed E-state index contributed by atoms with van der Waals surface area (Å²) in [6.07, 6.45) is -0.0700. The highest BCUT2D eigenvalue weighted by Gasteiger charge is 2.04. The average molecular weight is 146 g/mol. The van der Waals surface area contributed by atoms with Crippen LogP contribution < -0.4 is 5.73 Å². The molecular weight excluding hydrogens is 136 g/mol. The van der Waals surface area contributed by atoms with Crippen molar-refractivity contribution in [3.8, 4) is 0 Å². The molecule has 0 spiro atoms. The fourth-order valence-electron chi connectivity index (χ4n) is 0.374. The summed E-state index contributed by atoms with van der Waals surface area (Å²) in [5.74, 6) is -0.937. The zero-order valence-electron chi connectivity index (χ0n) is 5.70. The van der Waals surface area contributed by atoms with Crippen LogP contribution in [0.15, 0.2) is 0 Å². The Labute approximate surface area is 58.4 Å². The van der Waals surface area contributed by atoms with Crippen molar-refractivity contribution < 1.29 is 14.7 Å². The van der Waals surface area contributed by atoms with E-state index in [2.05, 4.69) is 0 Å². The third-order valence-corrected chi connectivity index (χ3v) is 1.04. The third-order valence-electron chi connectivity index (χ3n) is 1.04. The first kappa shape index (κ1) is 8.74. The van der Waals surface area contributed by atoms with Crippen LogP contribution in [-0.4, -0.2) is 35.6 Å². The lowest BCUT2D eigenvalue weighted by molar-refractivity contribution is -0.137. The molecule has 0 fully saturated rings. The van der Waals surface area contributed by atoms with Crippen LogP contribution in [0.1, 0.15) is 6.42 Å². The van der Waals surface area contributed by atoms with E-state index >= 15 is 0 Å². The maximum absolute atomic E-state index is 10.3. The fraction of sp³-hybridized carbons (Fsp3) is 0.600. The number of carboxylic acid groups (broad SMARTS) is 1. The molecule has 0 saturated carbocycles. The van der Waals surface area contributed by atoms with E-state index in [-0.39, 0.29) is 13.0 Å². The van der Waals surface area contributed by atoms with Gasteiger partial charge in [0.1, 0.15) is 0 Å². The number of amides is 2. The monoisotopic (exact) mass is 146 g/mol. The predicted octanol–water partition coefficient (Wildman–Crippen LogP) is -0.528. The topological polar surface area (TPSA) is 83.6 Å². The van der Waals surface area contributed by atoms with Crippen molar-refractivity contribution in [1.82, 2.24) is 4.90 Å². The maximum atomic E-state index is 10.3. The van der Waals surface area contributed by atoms with Gasteiger partial charge in [-0.25, -0.2) is 4.79 Å². The summed E-state index contributed by atoms with van der Waals surface area (Å²) < 4.78 is 0. The van der Waals surface area contributed by atoms with E-state index < -0.39 is 12.0 Å². The third kappa shape index (κ3) is 3.71. The molecule has 0 unspecified atom stereocenters. The van der Waals surface area contributed by atoms with Gasteiger partial charge in [-0.3, -0.25) is 4.79 Å². The van der Waals surface area contributed by atoms with Crippen molar-refractivity contribution in [1.29, 1.82) is 0 Å². The first-order valence-corrected chi connectivity index (χ1v) is 2.76. The van der Waals surface area contributed by atoms with Gasteiger partial charge in [0.05, 0.1) is 6.42 Å². The molecule has 5 nitrogen and oxygen atoms in total. The molecule has 10 heavy (non-hydrogen) atoms. The van der Waals surface area contributed by atoms with Crippen LogP contribution >= 0.6 is 0 Å². The highest BCUT2D eigenvalue weighted by Crippen LogP contribution is 1.85. The molecule has 0 aliphatic heterocycles. The Morgan fingerprint density at radius 1 is 1.60 bits per heavy atom. The molecule has 0 radical (unpaired) electrons. The molecule has 0 aliphatic rings. The van der Waals surface area contributed by atoms with Gasteiger partial charge in [0.2, 0.25) is 0 Å². The van der Waals surface area contributed by atoms with E-state index in [9.17, 15) is 9.59 Å². The normalized spacial score (nSPS) is 8.90. The molecule has 0 aliphatic carbocycles. The van der Waals surface area contributed by atoms with Crippen LogP contribution in [0.5, 0.6) is 0 Å². The first-order valence-electron chi connectivity index (χ1n) is 2.76. The van der Waals surface area contributed by atoms with Gasteiger partial charge in [-0.2, -0.15) is 0 Å². The Kier molecular flexibility index (Phi) is 3.24. The van der Waals surface area contributed by atoms with Gasteiger partial charge < -0.3 is 15.7 Å². The van der Waals surface area contributed by atoms with E-state index in [1.165, 1.54) is 7.05 Å². The number of carbonyl (C=O) groups excluding carboxylic acids is 1. The molecule has 0 atom stereocenters. The van der Waals surface area contributed by atoms with E-state index in [4.69, 9.17) is 10.8 Å². The van der Waals surface area contributed by atoms with Gasteiger partial charge in [-0.1, -0.05) is 0 Å². The molecule has 0 aromatic heterocycles. The van der Waals surface area contributed by atoms with E-state index in [1.807, 2.05) is 0 Å². The highest BCUT2D eigenvalue weighted by molar-refractivity contribution is 5.73. The zero-order chi connectivity index (χ0) is 8.15. The SMILES string of the molecule is CN(CCC(=O)O)C(N)=O. The molecule has 0 saturated heterocycles. The summed E-state index contributed by atoms with van der Waals surface area (Å²) in [4.78, 5) is 21.4. The van der Waals surface area contributed by atoms with Gasteiger partial charge in [0.25, 0.3) is 0 Å². The Balaban J connectivity index is 3.49. The number of nitrogens with two attached hydrogens (primary N) is 1. The smallest absolute Gasteiger partial charge is 0.314 e. The van der Waals surface area contributed by atoms with Gasteiger partial charge in [-0.15, -0.1) is 0 Å². The molecular formula is C5H10N2O3. The zero-order valence-corrected chi connectivity index (χ0v) is 5.70. The van der Waals surface area contributed by atoms with Crippen molar-refractivity contribution in [3.05, 3.63) is 0 Å². The molecule has 58 valence electrons. The number of hydrogen-bond donors (Lipinski definition) is 2. The molecule has 3 N–H and O–H groups in total. The quantitative estimate of drug-likeness (QED) is 0.561. The van der Waals surface area contributed by atoms with Crippen LogP contribution in [0.25, 0.3) is 0 Å². The Hall–Kier alpha value is -1.26. The maximum Gasteiger partial charge on any atom is 0.314 e. The standard InChI is InChI=1S/C5H10N2O3/c1-7(5(6)10)3-2-4(8)9/h2-3H2,1H3,(H2,6,10)(H,8,9). The summed E-state index contributed by atoms with van der Waals surface area (Å²) >= 11 is 0. The average Bonchev–Trinajstić information content (AvgIpc) is 1.82. The second-order valence-corrected chi connectivity index (χ2v) is 1.90. The molecule has 5 heteroatoms. The van der Waals surface area contributed by atoms with Crippen molar-refractivity contribution in [3.63, 3.8) is 0 Å². The van der Waals surface area contributed by atoms with Crippen molar-refractivity contribution in [2.24, 2.45) is 5.73 Å². The lowest BCUT2D eigenvalue weighted by Gasteiger charge is -2.11. The number of primary amides is 1. The predicted molar refractivity (Wildman–Crippen MR) is 34.5 cm³/mol. The number of nitrogens with zero attached hydrogens (tertiary/aromatic N) is 1. The fourth-order valence-corrected chi connectivity index (χ4v) is 0.374. The Bertz CT molecular complexity index is 146. The van der Waals surface area contributed by atoms with E-state index in [0.717, 1.165) is 4.90 Å². The van der Waals surface area contributed by atoms with Gasteiger partial charge in [-0.05, 0) is 0 Å². The number of urea groups is 1. The number of aliphatic carboxylic acids is 1. The Morgan fingerprint density at radius 2 is 2.10 bits per heavy atom. The Morgan fingerprint density at radius 3 is 2.40 bits per heavy atom. The van der Waals surface area contributed by atoms with Gasteiger partial charge >= 0.3 is 12.0 Å². The van der Waals surface area contributed by atoms with Gasteiger partial charge in [0.15, 0.2) is 0 Å². The summed E-state index contributed by atoms with van der Waals surface area (Å²) in [5, 5.41) is 8.17. The summed E-state index contributed by atoms with van der Waals surface area (Å²) in [6, 6.07) is -0.610. The van der Waals surface area contributed by atoms with Crippen LogP contribution in [0.2, 0.25) is 0 Å². The minimum Gasteiger partial charge on any atom is -0.481 e. The van der Waals surface area contributed by atoms with Crippen LogP contribution in [0, 0.1) is 0 Å². The largest absolute Gasteiger partial charge is 0.481 e. The van der Waals surface area contributed by atoms with Crippen LogP contribution in [0.4, 0.5) is 4.79 Å². The molecule has 0 bridgehead atoms. The minimum atomic E-state index is -0.937. The van der Waals surface area contributed by atoms with Crippen molar-refractivity contribution in [2.75, 3.05) is 13.6 Å². The molecule has 0 heterocycles. The van der Waals surface area contributed by atoms with Crippen molar-refractivity contribution in [2.45, 2.75) is 6.42 Å². The second-order valence-electron chi connectivity index (χ2n) is 1.90.